The van der Waals surface area contributed by atoms with E-state index in [1.165, 1.54) is 0 Å². The van der Waals surface area contributed by atoms with E-state index in [-0.39, 0.29) is 6.54 Å². The number of aryl methyl sites for hydroxylation is 1. The van der Waals surface area contributed by atoms with E-state index in [1.807, 2.05) is 6.92 Å². The number of alkyl halides is 3. The van der Waals surface area contributed by atoms with Gasteiger partial charge in [-0.05, 0) is 6.42 Å². The van der Waals surface area contributed by atoms with Crippen molar-refractivity contribution in [3.05, 3.63) is 22.1 Å². The van der Waals surface area contributed by atoms with Crippen LogP contribution in [0.25, 0.3) is 0 Å². The Morgan fingerprint density at radius 1 is 1.50 bits per heavy atom. The zero-order valence-corrected chi connectivity index (χ0v) is 7.69. The van der Waals surface area contributed by atoms with Crippen LogP contribution in [0, 0.1) is 0 Å². The summed E-state index contributed by atoms with van der Waals surface area (Å²) >= 11 is 0. The van der Waals surface area contributed by atoms with Gasteiger partial charge in [-0.15, -0.1) is 0 Å². The molecule has 0 radical (unpaired) electrons. The molecule has 0 amide bonds. The van der Waals surface area contributed by atoms with E-state index in [0.717, 1.165) is 11.1 Å². The number of halogens is 3. The molecule has 0 unspecified atom stereocenters. The van der Waals surface area contributed by atoms with Gasteiger partial charge in [-0.1, -0.05) is 13.3 Å². The summed E-state index contributed by atoms with van der Waals surface area (Å²) in [7, 11) is 0. The van der Waals surface area contributed by atoms with E-state index in [2.05, 4.69) is 5.10 Å². The number of nitrogens with one attached hydrogen (secondary N) is 1. The van der Waals surface area contributed by atoms with Gasteiger partial charge in [0.15, 0.2) is 0 Å². The fourth-order valence-electron chi connectivity index (χ4n) is 1.16. The summed E-state index contributed by atoms with van der Waals surface area (Å²) in [5.41, 5.74) is -1.62. The average Bonchev–Trinajstić information content (AvgIpc) is 2.42. The van der Waals surface area contributed by atoms with Gasteiger partial charge in [-0.2, -0.15) is 13.2 Å². The SMILES string of the molecule is CCCCn1[nH]c(=O)cc1C(F)(F)F. The first-order valence-corrected chi connectivity index (χ1v) is 4.32. The number of hydrogen-bond donors (Lipinski definition) is 1. The summed E-state index contributed by atoms with van der Waals surface area (Å²) in [6.07, 6.45) is -3.09. The molecule has 0 spiro atoms. The van der Waals surface area contributed by atoms with E-state index in [0.29, 0.717) is 12.5 Å². The summed E-state index contributed by atoms with van der Waals surface area (Å²) < 4.78 is 37.8. The molecule has 1 rings (SSSR count). The highest BCUT2D eigenvalue weighted by Crippen LogP contribution is 2.27. The fourth-order valence-corrected chi connectivity index (χ4v) is 1.16. The predicted molar refractivity (Wildman–Crippen MR) is 45.0 cm³/mol. The fraction of sp³-hybridized carbons (Fsp3) is 0.625. The first-order chi connectivity index (χ1) is 6.45. The molecule has 0 aliphatic rings. The molecule has 6 heteroatoms. The molecule has 14 heavy (non-hydrogen) atoms. The normalized spacial score (nSPS) is 12.0. The van der Waals surface area contributed by atoms with Gasteiger partial charge in [-0.25, -0.2) is 0 Å². The zero-order chi connectivity index (χ0) is 10.8. The van der Waals surface area contributed by atoms with E-state index in [4.69, 9.17) is 0 Å². The monoisotopic (exact) mass is 208 g/mol. The predicted octanol–water partition coefficient (Wildman–Crippen LogP) is 2.00. The second kappa shape index (κ2) is 3.89. The maximum atomic E-state index is 12.3. The number of nitrogens with zero attached hydrogens (tertiary/aromatic N) is 1. The van der Waals surface area contributed by atoms with Crippen LogP contribution in [0.4, 0.5) is 13.2 Å². The quantitative estimate of drug-likeness (QED) is 0.810. The number of rotatable bonds is 3. The Kier molecular flexibility index (Phi) is 3.03. The molecule has 1 N–H and O–H groups in total. The van der Waals surface area contributed by atoms with Crippen molar-refractivity contribution in [3.63, 3.8) is 0 Å². The smallest absolute Gasteiger partial charge is 0.280 e. The Morgan fingerprint density at radius 2 is 2.14 bits per heavy atom. The third kappa shape index (κ3) is 2.40. The van der Waals surface area contributed by atoms with Crippen LogP contribution in [0.15, 0.2) is 10.9 Å². The molecular weight excluding hydrogens is 197 g/mol. The lowest BCUT2D eigenvalue weighted by Gasteiger charge is -2.09. The Hall–Kier alpha value is -1.20. The summed E-state index contributed by atoms with van der Waals surface area (Å²) in [5.74, 6) is 0. The van der Waals surface area contributed by atoms with E-state index in [9.17, 15) is 18.0 Å². The van der Waals surface area contributed by atoms with Crippen molar-refractivity contribution < 1.29 is 13.2 Å². The van der Waals surface area contributed by atoms with Crippen LogP contribution in [0.5, 0.6) is 0 Å². The summed E-state index contributed by atoms with van der Waals surface area (Å²) in [5, 5.41) is 2.13. The molecule has 0 atom stereocenters. The van der Waals surface area contributed by atoms with Gasteiger partial charge in [0.2, 0.25) is 0 Å². The second-order valence-corrected chi connectivity index (χ2v) is 3.01. The average molecular weight is 208 g/mol. The minimum atomic E-state index is -4.47. The molecule has 80 valence electrons. The van der Waals surface area contributed by atoms with Gasteiger partial charge in [-0.3, -0.25) is 14.6 Å². The molecule has 1 aromatic rings. The Labute approximate surface area is 78.5 Å². The van der Waals surface area contributed by atoms with Crippen molar-refractivity contribution in [2.75, 3.05) is 0 Å². The van der Waals surface area contributed by atoms with Gasteiger partial charge in [0.05, 0.1) is 0 Å². The zero-order valence-electron chi connectivity index (χ0n) is 7.69. The second-order valence-electron chi connectivity index (χ2n) is 3.01. The third-order valence-corrected chi connectivity index (χ3v) is 1.83. The Morgan fingerprint density at radius 3 is 2.64 bits per heavy atom. The Balaban J connectivity index is 2.97. The first-order valence-electron chi connectivity index (χ1n) is 4.32. The van der Waals surface area contributed by atoms with Crippen LogP contribution in [-0.4, -0.2) is 9.78 Å². The van der Waals surface area contributed by atoms with Crippen LogP contribution < -0.4 is 5.56 Å². The summed E-state index contributed by atoms with van der Waals surface area (Å²) in [4.78, 5) is 10.7. The largest absolute Gasteiger partial charge is 0.433 e. The van der Waals surface area contributed by atoms with Crippen LogP contribution in [0.3, 0.4) is 0 Å². The van der Waals surface area contributed by atoms with Gasteiger partial charge in [0, 0.05) is 12.6 Å². The molecule has 0 aromatic carbocycles. The maximum absolute atomic E-state index is 12.3. The Bertz CT molecular complexity index is 350. The lowest BCUT2D eigenvalue weighted by Crippen LogP contribution is -2.14. The van der Waals surface area contributed by atoms with Crippen molar-refractivity contribution in [1.82, 2.24) is 9.78 Å². The number of hydrogen-bond acceptors (Lipinski definition) is 1. The highest BCUT2D eigenvalue weighted by Gasteiger charge is 2.35. The highest BCUT2D eigenvalue weighted by atomic mass is 19.4. The standard InChI is InChI=1S/C8H11F3N2O/c1-2-3-4-13-6(8(9,10)11)5-7(14)12-13/h5H,2-4H2,1H3,(H,12,14). The molecule has 0 saturated carbocycles. The van der Waals surface area contributed by atoms with Crippen LogP contribution in [0.2, 0.25) is 0 Å². The van der Waals surface area contributed by atoms with Crippen LogP contribution >= 0.6 is 0 Å². The molecule has 0 aliphatic carbocycles. The number of unbranched alkanes of at least 4 members (excludes halogenated alkanes) is 1. The van der Waals surface area contributed by atoms with Crippen LogP contribution in [-0.2, 0) is 12.7 Å². The van der Waals surface area contributed by atoms with Gasteiger partial charge in [0.25, 0.3) is 5.56 Å². The van der Waals surface area contributed by atoms with Crippen molar-refractivity contribution >= 4 is 0 Å². The third-order valence-electron chi connectivity index (χ3n) is 1.83. The topological polar surface area (TPSA) is 37.8 Å². The minimum absolute atomic E-state index is 0.188. The molecule has 1 heterocycles. The van der Waals surface area contributed by atoms with Gasteiger partial charge >= 0.3 is 6.18 Å². The molecular formula is C8H11F3N2O. The maximum Gasteiger partial charge on any atom is 0.433 e. The van der Waals surface area contributed by atoms with E-state index in [1.54, 1.807) is 0 Å². The van der Waals surface area contributed by atoms with Crippen molar-refractivity contribution in [3.8, 4) is 0 Å². The number of aromatic nitrogens is 2. The first kappa shape index (κ1) is 10.9. The number of aromatic amines is 1. The van der Waals surface area contributed by atoms with Crippen molar-refractivity contribution in [2.24, 2.45) is 0 Å². The van der Waals surface area contributed by atoms with Crippen molar-refractivity contribution in [2.45, 2.75) is 32.5 Å². The van der Waals surface area contributed by atoms with Crippen LogP contribution in [0.1, 0.15) is 25.5 Å². The lowest BCUT2D eigenvalue weighted by atomic mass is 10.3. The molecule has 3 nitrogen and oxygen atoms in total. The van der Waals surface area contributed by atoms with E-state index < -0.39 is 17.4 Å². The molecule has 1 aromatic heterocycles. The lowest BCUT2D eigenvalue weighted by molar-refractivity contribution is -0.144. The van der Waals surface area contributed by atoms with E-state index >= 15 is 0 Å². The molecule has 0 saturated heterocycles. The van der Waals surface area contributed by atoms with Gasteiger partial charge in [0.1, 0.15) is 5.69 Å². The molecule has 0 aliphatic heterocycles. The minimum Gasteiger partial charge on any atom is -0.280 e. The number of H-pyrrole nitrogens is 1. The molecule has 0 fully saturated rings. The summed E-state index contributed by atoms with van der Waals surface area (Å²) in [6.45, 7) is 2.06. The van der Waals surface area contributed by atoms with Crippen molar-refractivity contribution in [1.29, 1.82) is 0 Å². The molecule has 0 bridgehead atoms. The van der Waals surface area contributed by atoms with Gasteiger partial charge < -0.3 is 0 Å². The highest BCUT2D eigenvalue weighted by molar-refractivity contribution is 5.05. The summed E-state index contributed by atoms with van der Waals surface area (Å²) in [6, 6.07) is 0.579.